The Kier molecular flexibility index (Phi) is 17.7. The lowest BCUT2D eigenvalue weighted by Gasteiger charge is -2.27. The molecule has 57 heavy (non-hydrogen) atoms. The van der Waals surface area contributed by atoms with Crippen LogP contribution in [0.5, 0.6) is 0 Å². The van der Waals surface area contributed by atoms with Gasteiger partial charge in [0.15, 0.2) is 11.9 Å². The number of amides is 5. The van der Waals surface area contributed by atoms with Crippen LogP contribution in [0.1, 0.15) is 49.8 Å². The molecule has 0 fully saturated rings. The first-order valence-electron chi connectivity index (χ1n) is 18.2. The van der Waals surface area contributed by atoms with Crippen LogP contribution in [0.25, 0.3) is 0 Å². The smallest absolute Gasteiger partial charge is 0.243 e. The molecule has 16 nitrogen and oxygen atoms in total. The summed E-state index contributed by atoms with van der Waals surface area (Å²) in [5, 5.41) is 11.3. The van der Waals surface area contributed by atoms with Gasteiger partial charge >= 0.3 is 0 Å². The maximum absolute atomic E-state index is 14.2. The van der Waals surface area contributed by atoms with Crippen LogP contribution >= 0.6 is 11.6 Å². The highest BCUT2D eigenvalue weighted by molar-refractivity contribution is 6.30. The molecule has 14 N–H and O–H groups in total. The fraction of sp³-hybridized carbons (Fsp3) is 0.359. The van der Waals surface area contributed by atoms with Gasteiger partial charge in [0.1, 0.15) is 30.0 Å². The number of primary amides is 1. The number of benzene rings is 3. The Balaban J connectivity index is 1.92. The number of rotatable bonds is 21. The highest BCUT2D eigenvalue weighted by Gasteiger charge is 2.32. The third-order valence-electron chi connectivity index (χ3n) is 8.47. The molecule has 306 valence electrons. The molecular formula is C39H51ClFN11O5. The summed E-state index contributed by atoms with van der Waals surface area (Å²) in [6, 6.07) is 13.9. The van der Waals surface area contributed by atoms with E-state index in [4.69, 9.17) is 40.3 Å². The zero-order valence-electron chi connectivity index (χ0n) is 31.8. The van der Waals surface area contributed by atoms with Crippen molar-refractivity contribution in [3.05, 3.63) is 100 Å². The third kappa shape index (κ3) is 16.6. The molecule has 0 radical (unpaired) electrons. The van der Waals surface area contributed by atoms with E-state index in [1.807, 2.05) is 13.8 Å². The molecule has 3 aromatic rings. The summed E-state index contributed by atoms with van der Waals surface area (Å²) in [5.41, 5.74) is 29.5. The standard InChI is InChI=1S/C39H51ClFN11O5/c1-22(2)17-30(35(55)50-29(34(42)54)7-4-16-47-38(43)44)51-37(57)32(20-24-10-14-28(15-11-24)48-39(45)46)52-36(56)31(19-23-8-12-27(41)13-9-23)49-33(53)21-25-5-3-6-26(40)18-25/h3,5-6,8-15,18,22,29-32H,4,7,16-17,19-21H2,1-2H3,(H2,42,54)(H,49,53)(H,50,55)(H,51,57)(H,52,56)(H4,43,44,47)(H4,45,46,48)/t29-,30-,31-,32-/m0/s1. The van der Waals surface area contributed by atoms with Crippen molar-refractivity contribution in [2.45, 2.75) is 76.5 Å². The summed E-state index contributed by atoms with van der Waals surface area (Å²) >= 11 is 6.11. The van der Waals surface area contributed by atoms with Crippen LogP contribution in [0.3, 0.4) is 0 Å². The number of carbonyl (C=O) groups is 5. The Labute approximate surface area is 335 Å². The number of halogens is 2. The summed E-state index contributed by atoms with van der Waals surface area (Å²) < 4.78 is 13.8. The van der Waals surface area contributed by atoms with E-state index in [1.54, 1.807) is 48.5 Å². The molecule has 3 rings (SSSR count). The Morgan fingerprint density at radius 2 is 1.23 bits per heavy atom. The lowest BCUT2D eigenvalue weighted by molar-refractivity contribution is -0.134. The second-order valence-corrected chi connectivity index (χ2v) is 14.3. The zero-order chi connectivity index (χ0) is 42.1. The molecule has 0 aromatic heterocycles. The van der Waals surface area contributed by atoms with Crippen molar-refractivity contribution in [1.82, 2.24) is 21.3 Å². The lowest BCUT2D eigenvalue weighted by Crippen LogP contribution is -2.59. The fourth-order valence-electron chi connectivity index (χ4n) is 5.75. The van der Waals surface area contributed by atoms with Crippen LogP contribution in [0.4, 0.5) is 10.1 Å². The summed E-state index contributed by atoms with van der Waals surface area (Å²) in [6.07, 6.45) is 0.407. The topological polar surface area (TPSA) is 288 Å². The number of hydrogen-bond donors (Lipinski definition) is 9. The monoisotopic (exact) mass is 807 g/mol. The summed E-state index contributed by atoms with van der Waals surface area (Å²) in [6.45, 7) is 3.89. The number of guanidine groups is 2. The van der Waals surface area contributed by atoms with Crippen LogP contribution in [0.2, 0.25) is 5.02 Å². The van der Waals surface area contributed by atoms with Gasteiger partial charge in [0.25, 0.3) is 0 Å². The zero-order valence-corrected chi connectivity index (χ0v) is 32.6. The first kappa shape index (κ1) is 45.2. The van der Waals surface area contributed by atoms with E-state index in [9.17, 15) is 28.4 Å². The molecule has 5 amide bonds. The van der Waals surface area contributed by atoms with Crippen molar-refractivity contribution in [3.63, 3.8) is 0 Å². The van der Waals surface area contributed by atoms with Crippen molar-refractivity contribution >= 4 is 58.7 Å². The summed E-state index contributed by atoms with van der Waals surface area (Å²) in [7, 11) is 0. The highest BCUT2D eigenvalue weighted by Crippen LogP contribution is 2.16. The van der Waals surface area contributed by atoms with Gasteiger partial charge in [0, 0.05) is 24.4 Å². The van der Waals surface area contributed by atoms with E-state index in [-0.39, 0.29) is 56.5 Å². The average Bonchev–Trinajstić information content (AvgIpc) is 3.12. The minimum absolute atomic E-state index is 0.0506. The van der Waals surface area contributed by atoms with Gasteiger partial charge in [-0.25, -0.2) is 9.38 Å². The SMILES string of the molecule is CC(C)C[C@H](NC(=O)[C@H](Cc1ccc(N=C(N)N)cc1)NC(=O)[C@H](Cc1ccc(F)cc1)NC(=O)Cc1cccc(Cl)c1)C(=O)N[C@@H](CCCN=C(N)N)C(N)=O. The molecule has 0 aliphatic heterocycles. The van der Waals surface area contributed by atoms with Crippen LogP contribution in [0, 0.1) is 11.7 Å². The molecule has 18 heteroatoms. The molecule has 3 aromatic carbocycles. The lowest BCUT2D eigenvalue weighted by atomic mass is 9.99. The maximum Gasteiger partial charge on any atom is 0.243 e. The van der Waals surface area contributed by atoms with E-state index >= 15 is 0 Å². The van der Waals surface area contributed by atoms with Crippen molar-refractivity contribution < 1.29 is 28.4 Å². The van der Waals surface area contributed by atoms with Crippen LogP contribution in [-0.2, 0) is 43.2 Å². The first-order valence-corrected chi connectivity index (χ1v) is 18.6. The molecule has 0 bridgehead atoms. The van der Waals surface area contributed by atoms with Gasteiger partial charge in [0.2, 0.25) is 29.5 Å². The largest absolute Gasteiger partial charge is 0.370 e. The molecule has 0 unspecified atom stereocenters. The Morgan fingerprint density at radius 3 is 1.77 bits per heavy atom. The van der Waals surface area contributed by atoms with Gasteiger partial charge in [-0.15, -0.1) is 0 Å². The molecular weight excluding hydrogens is 757 g/mol. The molecule has 0 spiro atoms. The Bertz CT molecular complexity index is 1900. The van der Waals surface area contributed by atoms with Crippen LogP contribution < -0.4 is 49.9 Å². The normalized spacial score (nSPS) is 12.9. The van der Waals surface area contributed by atoms with E-state index < -0.39 is 59.5 Å². The number of nitrogens with two attached hydrogens (primary N) is 5. The van der Waals surface area contributed by atoms with Gasteiger partial charge in [-0.05, 0) is 78.3 Å². The minimum atomic E-state index is -1.29. The molecule has 0 aliphatic carbocycles. The minimum Gasteiger partial charge on any atom is -0.370 e. The van der Waals surface area contributed by atoms with Crippen molar-refractivity contribution in [3.8, 4) is 0 Å². The van der Waals surface area contributed by atoms with E-state index in [1.165, 1.54) is 24.3 Å². The van der Waals surface area contributed by atoms with Crippen LogP contribution in [0.15, 0.2) is 82.8 Å². The highest BCUT2D eigenvalue weighted by atomic mass is 35.5. The molecule has 4 atom stereocenters. The maximum atomic E-state index is 14.2. The second kappa shape index (κ2) is 22.4. The number of carbonyl (C=O) groups excluding carboxylic acids is 5. The van der Waals surface area contributed by atoms with Crippen molar-refractivity contribution in [1.29, 1.82) is 0 Å². The molecule has 0 saturated heterocycles. The number of nitrogens with one attached hydrogen (secondary N) is 4. The van der Waals surface area contributed by atoms with Gasteiger partial charge in [0.05, 0.1) is 12.1 Å². The van der Waals surface area contributed by atoms with Gasteiger partial charge < -0.3 is 49.9 Å². The van der Waals surface area contributed by atoms with Crippen molar-refractivity contribution in [2.24, 2.45) is 44.6 Å². The first-order chi connectivity index (χ1) is 27.0. The quantitative estimate of drug-likeness (QED) is 0.0420. The van der Waals surface area contributed by atoms with E-state index in [0.717, 1.165) is 0 Å². The average molecular weight is 808 g/mol. The fourth-order valence-corrected chi connectivity index (χ4v) is 5.97. The predicted octanol–water partition coefficient (Wildman–Crippen LogP) is 0.936. The molecule has 0 aliphatic rings. The summed E-state index contributed by atoms with van der Waals surface area (Å²) in [5.74, 6) is -4.28. The van der Waals surface area contributed by atoms with Gasteiger partial charge in [-0.3, -0.25) is 29.0 Å². The van der Waals surface area contributed by atoms with E-state index in [0.29, 0.717) is 33.8 Å². The summed E-state index contributed by atoms with van der Waals surface area (Å²) in [4.78, 5) is 75.3. The Morgan fingerprint density at radius 1 is 0.684 bits per heavy atom. The molecule has 0 heterocycles. The van der Waals surface area contributed by atoms with Gasteiger partial charge in [-0.2, -0.15) is 0 Å². The second-order valence-electron chi connectivity index (χ2n) is 13.8. The van der Waals surface area contributed by atoms with Crippen LogP contribution in [-0.4, -0.2) is 72.2 Å². The number of nitrogens with zero attached hydrogens (tertiary/aromatic N) is 2. The number of hydrogen-bond acceptors (Lipinski definition) is 7. The van der Waals surface area contributed by atoms with Crippen molar-refractivity contribution in [2.75, 3.05) is 6.54 Å². The van der Waals surface area contributed by atoms with E-state index in [2.05, 4.69) is 31.3 Å². The number of aliphatic imine (C=N–C) groups is 2. The Hall–Kier alpha value is -6.23. The van der Waals surface area contributed by atoms with Gasteiger partial charge in [-0.1, -0.05) is 61.8 Å². The third-order valence-corrected chi connectivity index (χ3v) is 8.71. The molecule has 0 saturated carbocycles. The predicted molar refractivity (Wildman–Crippen MR) is 217 cm³/mol.